The highest BCUT2D eigenvalue weighted by Gasteiger charge is 2.55. The molecule has 34 heavy (non-hydrogen) atoms. The number of hydrogen-bond donors (Lipinski definition) is 2. The number of aliphatic hydroxyl groups is 1. The van der Waals surface area contributed by atoms with Crippen molar-refractivity contribution in [3.8, 4) is 0 Å². The van der Waals surface area contributed by atoms with Gasteiger partial charge in [0.2, 0.25) is 5.91 Å². The molecule has 1 aromatic carbocycles. The fourth-order valence-electron chi connectivity index (χ4n) is 5.92. The van der Waals surface area contributed by atoms with Gasteiger partial charge in [-0.05, 0) is 82.7 Å². The molecule has 2 N–H and O–H groups in total. The van der Waals surface area contributed by atoms with Crippen molar-refractivity contribution in [3.05, 3.63) is 29.3 Å². The lowest BCUT2D eigenvalue weighted by Gasteiger charge is -2.47. The van der Waals surface area contributed by atoms with Crippen LogP contribution in [0.1, 0.15) is 46.0 Å². The molecule has 3 saturated heterocycles. The third-order valence-corrected chi connectivity index (χ3v) is 8.53. The number of ether oxygens (including phenoxy) is 1. The molecule has 1 aliphatic carbocycles. The Hall–Kier alpha value is -1.87. The van der Waals surface area contributed by atoms with Crippen LogP contribution in [0.5, 0.6) is 0 Å². The summed E-state index contributed by atoms with van der Waals surface area (Å²) >= 11 is 6.03. The second-order valence-electron chi connectivity index (χ2n) is 10.7. The number of halogens is 1. The minimum Gasteiger partial charge on any atom is -0.391 e. The SMILES string of the molecule is C[C@H]1C(=O)N2[C@@H](CCCN3CCC4(CC4)[C@H](O)C3)COC2(C)CN1C(=O)Nc1cccc(Cl)c1. The number of carbonyl (C=O) groups is 2. The molecular weight excluding hydrogens is 456 g/mol. The van der Waals surface area contributed by atoms with E-state index in [1.807, 2.05) is 11.8 Å². The van der Waals surface area contributed by atoms with Gasteiger partial charge in [0.15, 0.2) is 5.72 Å². The van der Waals surface area contributed by atoms with E-state index >= 15 is 0 Å². The second kappa shape index (κ2) is 8.97. The number of likely N-dealkylation sites (tertiary alicyclic amines) is 1. The predicted molar refractivity (Wildman–Crippen MR) is 130 cm³/mol. The van der Waals surface area contributed by atoms with Crippen molar-refractivity contribution in [1.29, 1.82) is 0 Å². The molecule has 1 saturated carbocycles. The van der Waals surface area contributed by atoms with Gasteiger partial charge >= 0.3 is 6.03 Å². The lowest BCUT2D eigenvalue weighted by molar-refractivity contribution is -0.167. The van der Waals surface area contributed by atoms with Gasteiger partial charge in [0.05, 0.1) is 25.3 Å². The fourth-order valence-corrected chi connectivity index (χ4v) is 6.11. The van der Waals surface area contributed by atoms with Gasteiger partial charge in [-0.3, -0.25) is 4.79 Å². The van der Waals surface area contributed by atoms with Gasteiger partial charge in [0, 0.05) is 17.3 Å². The Balaban J connectivity index is 1.17. The van der Waals surface area contributed by atoms with Crippen LogP contribution in [0.3, 0.4) is 0 Å². The van der Waals surface area contributed by atoms with E-state index in [-0.39, 0.29) is 29.5 Å². The molecule has 4 fully saturated rings. The van der Waals surface area contributed by atoms with Gasteiger partial charge < -0.3 is 29.9 Å². The molecular formula is C25H35ClN4O4. The normalized spacial score (nSPS) is 32.7. The average molecular weight is 491 g/mol. The van der Waals surface area contributed by atoms with Gasteiger partial charge in [-0.1, -0.05) is 17.7 Å². The Bertz CT molecular complexity index is 957. The number of anilines is 1. The lowest BCUT2D eigenvalue weighted by atomic mass is 9.90. The van der Waals surface area contributed by atoms with Crippen LogP contribution >= 0.6 is 11.6 Å². The Morgan fingerprint density at radius 3 is 2.82 bits per heavy atom. The highest BCUT2D eigenvalue weighted by atomic mass is 35.5. The van der Waals surface area contributed by atoms with Crippen molar-refractivity contribution in [3.63, 3.8) is 0 Å². The molecule has 0 bridgehead atoms. The average Bonchev–Trinajstić information content (AvgIpc) is 3.50. The third-order valence-electron chi connectivity index (χ3n) is 8.29. The molecule has 4 atom stereocenters. The molecule has 1 unspecified atom stereocenters. The third kappa shape index (κ3) is 4.41. The number of fused-ring (bicyclic) bond motifs is 1. The van der Waals surface area contributed by atoms with E-state index in [2.05, 4.69) is 10.2 Å². The smallest absolute Gasteiger partial charge is 0.322 e. The van der Waals surface area contributed by atoms with Crippen LogP contribution in [0.25, 0.3) is 0 Å². The first-order chi connectivity index (χ1) is 16.2. The summed E-state index contributed by atoms with van der Waals surface area (Å²) in [6, 6.07) is 6.04. The number of urea groups is 1. The van der Waals surface area contributed by atoms with Crippen molar-refractivity contribution in [2.24, 2.45) is 5.41 Å². The summed E-state index contributed by atoms with van der Waals surface area (Å²) in [6.45, 7) is 7.19. The van der Waals surface area contributed by atoms with E-state index in [1.165, 1.54) is 12.8 Å². The Morgan fingerprint density at radius 2 is 2.12 bits per heavy atom. The van der Waals surface area contributed by atoms with E-state index in [4.69, 9.17) is 16.3 Å². The van der Waals surface area contributed by atoms with Crippen molar-refractivity contribution in [2.45, 2.75) is 69.9 Å². The molecule has 1 aromatic rings. The number of amides is 3. The van der Waals surface area contributed by atoms with E-state index < -0.39 is 11.8 Å². The molecule has 5 rings (SSSR count). The van der Waals surface area contributed by atoms with E-state index in [1.54, 1.807) is 36.1 Å². The first-order valence-corrected chi connectivity index (χ1v) is 12.8. The number of nitrogens with zero attached hydrogens (tertiary/aromatic N) is 3. The number of benzene rings is 1. The highest BCUT2D eigenvalue weighted by molar-refractivity contribution is 6.30. The molecule has 1 spiro atoms. The van der Waals surface area contributed by atoms with Gasteiger partial charge in [-0.15, -0.1) is 0 Å². The summed E-state index contributed by atoms with van der Waals surface area (Å²) in [6.07, 6.45) is 5.02. The van der Waals surface area contributed by atoms with Crippen LogP contribution in [0, 0.1) is 5.41 Å². The van der Waals surface area contributed by atoms with Crippen molar-refractivity contribution < 1.29 is 19.4 Å². The van der Waals surface area contributed by atoms with Crippen LogP contribution in [0.15, 0.2) is 24.3 Å². The zero-order valence-corrected chi connectivity index (χ0v) is 20.8. The number of piperazine rings is 1. The van der Waals surface area contributed by atoms with Crippen molar-refractivity contribution in [2.75, 3.05) is 38.1 Å². The molecule has 3 heterocycles. The summed E-state index contributed by atoms with van der Waals surface area (Å²) in [5.41, 5.74) is -0.0243. The van der Waals surface area contributed by atoms with Crippen LogP contribution in [0.2, 0.25) is 5.02 Å². The van der Waals surface area contributed by atoms with Gasteiger partial charge in [0.1, 0.15) is 6.04 Å². The number of hydrogen-bond acceptors (Lipinski definition) is 5. The molecule has 9 heteroatoms. The maximum atomic E-state index is 13.4. The number of piperidine rings is 1. The first kappa shape index (κ1) is 23.9. The van der Waals surface area contributed by atoms with Crippen LogP contribution in [-0.4, -0.2) is 88.4 Å². The second-order valence-corrected chi connectivity index (χ2v) is 11.1. The molecule has 4 aliphatic rings. The molecule has 0 aromatic heterocycles. The Labute approximate surface area is 206 Å². The summed E-state index contributed by atoms with van der Waals surface area (Å²) in [7, 11) is 0. The van der Waals surface area contributed by atoms with Crippen LogP contribution in [0.4, 0.5) is 10.5 Å². The molecule has 3 aliphatic heterocycles. The Morgan fingerprint density at radius 1 is 1.32 bits per heavy atom. The maximum Gasteiger partial charge on any atom is 0.322 e. The molecule has 0 radical (unpaired) electrons. The molecule has 186 valence electrons. The van der Waals surface area contributed by atoms with Gasteiger partial charge in [-0.2, -0.15) is 0 Å². The van der Waals surface area contributed by atoms with Crippen molar-refractivity contribution in [1.82, 2.24) is 14.7 Å². The minimum atomic E-state index is -0.834. The van der Waals surface area contributed by atoms with Crippen LogP contribution < -0.4 is 5.32 Å². The minimum absolute atomic E-state index is 0.00239. The summed E-state index contributed by atoms with van der Waals surface area (Å²) in [5, 5.41) is 13.8. The summed E-state index contributed by atoms with van der Waals surface area (Å²) in [4.78, 5) is 32.1. The first-order valence-electron chi connectivity index (χ1n) is 12.4. The topological polar surface area (TPSA) is 85.4 Å². The summed E-state index contributed by atoms with van der Waals surface area (Å²) < 4.78 is 6.13. The predicted octanol–water partition coefficient (Wildman–Crippen LogP) is 3.15. The summed E-state index contributed by atoms with van der Waals surface area (Å²) in [5.74, 6) is -0.0819. The number of β-amino-alcohol motifs (C(OH)–C–C–N with tert-alkyl or cyclic N) is 1. The van der Waals surface area contributed by atoms with Crippen LogP contribution in [-0.2, 0) is 9.53 Å². The quantitative estimate of drug-likeness (QED) is 0.662. The zero-order chi connectivity index (χ0) is 24.1. The van der Waals surface area contributed by atoms with E-state index in [0.717, 1.165) is 38.9 Å². The zero-order valence-electron chi connectivity index (χ0n) is 20.0. The van der Waals surface area contributed by atoms with E-state index in [0.29, 0.717) is 23.9 Å². The van der Waals surface area contributed by atoms with E-state index in [9.17, 15) is 14.7 Å². The maximum absolute atomic E-state index is 13.4. The van der Waals surface area contributed by atoms with Gasteiger partial charge in [-0.25, -0.2) is 4.79 Å². The lowest BCUT2D eigenvalue weighted by Crippen LogP contribution is -2.67. The van der Waals surface area contributed by atoms with Crippen molar-refractivity contribution >= 4 is 29.2 Å². The Kier molecular flexibility index (Phi) is 6.29. The monoisotopic (exact) mass is 490 g/mol. The fraction of sp³-hybridized carbons (Fsp3) is 0.680. The highest BCUT2D eigenvalue weighted by Crippen LogP contribution is 2.53. The standard InChI is InChI=1S/C25H35ClN4O4/c1-17-22(32)30-20(7-4-11-28-12-10-25(8-9-25)21(31)14-28)15-34-24(30,2)16-29(17)23(33)27-19-6-3-5-18(26)13-19/h3,5-6,13,17,20-21,31H,4,7-12,14-16H2,1-2H3,(H,27,33)/t17-,20-,21+,24?/m0/s1. The number of carbonyl (C=O) groups excluding carboxylic acids is 2. The number of rotatable bonds is 5. The number of nitrogens with one attached hydrogen (secondary N) is 1. The number of aliphatic hydroxyl groups excluding tert-OH is 1. The molecule has 8 nitrogen and oxygen atoms in total. The largest absolute Gasteiger partial charge is 0.391 e. The van der Waals surface area contributed by atoms with Gasteiger partial charge in [0.25, 0.3) is 0 Å². The molecule has 3 amide bonds.